The number of hydrogen-bond acceptors (Lipinski definition) is 6. The maximum Gasteiger partial charge on any atom is 0.188 e. The number of benzene rings is 1. The molecule has 0 aliphatic rings. The summed E-state index contributed by atoms with van der Waals surface area (Å²) in [5.41, 5.74) is 4.83. The first-order valence-electron chi connectivity index (χ1n) is 9.14. The third-order valence-electron chi connectivity index (χ3n) is 4.06. The standard InChI is InChI=1S/C23H24N2O4/c1-17-8-10-24-20(12-17)21-13-19(9-11-25-21)5-4-18-6-7-22(28-15-26-2)23(14-18)29-16-27-3/h4-14H,15-16H2,1-3H3. The van der Waals surface area contributed by atoms with Crippen molar-refractivity contribution in [2.45, 2.75) is 6.92 Å². The number of aromatic nitrogens is 2. The van der Waals surface area contributed by atoms with Gasteiger partial charge in [-0.15, -0.1) is 0 Å². The molecule has 6 heteroatoms. The van der Waals surface area contributed by atoms with Crippen molar-refractivity contribution in [1.82, 2.24) is 9.97 Å². The van der Waals surface area contributed by atoms with E-state index in [1.165, 1.54) is 0 Å². The topological polar surface area (TPSA) is 62.7 Å². The maximum atomic E-state index is 5.61. The van der Waals surface area contributed by atoms with Gasteiger partial charge in [0.2, 0.25) is 0 Å². The van der Waals surface area contributed by atoms with Gasteiger partial charge in [0.1, 0.15) is 0 Å². The summed E-state index contributed by atoms with van der Waals surface area (Å²) in [5, 5.41) is 0. The van der Waals surface area contributed by atoms with Crippen LogP contribution in [0.3, 0.4) is 0 Å². The largest absolute Gasteiger partial charge is 0.464 e. The Kier molecular flexibility index (Phi) is 7.33. The van der Waals surface area contributed by atoms with Crippen LogP contribution in [0.2, 0.25) is 0 Å². The number of pyridine rings is 2. The van der Waals surface area contributed by atoms with Gasteiger partial charge in [-0.05, 0) is 60.0 Å². The lowest BCUT2D eigenvalue weighted by Crippen LogP contribution is -2.04. The van der Waals surface area contributed by atoms with Gasteiger partial charge < -0.3 is 18.9 Å². The number of methoxy groups -OCH3 is 2. The van der Waals surface area contributed by atoms with Crippen molar-refractivity contribution in [2.24, 2.45) is 0 Å². The Bertz CT molecular complexity index is 973. The van der Waals surface area contributed by atoms with E-state index in [-0.39, 0.29) is 13.6 Å². The Morgan fingerprint density at radius 2 is 1.34 bits per heavy atom. The lowest BCUT2D eigenvalue weighted by molar-refractivity contribution is 0.0322. The van der Waals surface area contributed by atoms with Crippen LogP contribution in [0.25, 0.3) is 23.5 Å². The van der Waals surface area contributed by atoms with E-state index in [0.717, 1.165) is 28.1 Å². The van der Waals surface area contributed by atoms with Crippen molar-refractivity contribution in [3.8, 4) is 22.9 Å². The molecule has 6 nitrogen and oxygen atoms in total. The van der Waals surface area contributed by atoms with Crippen LogP contribution in [0, 0.1) is 6.92 Å². The van der Waals surface area contributed by atoms with Gasteiger partial charge in [0.05, 0.1) is 11.4 Å². The normalized spacial score (nSPS) is 11.0. The van der Waals surface area contributed by atoms with Crippen LogP contribution in [-0.4, -0.2) is 37.8 Å². The molecule has 0 saturated carbocycles. The van der Waals surface area contributed by atoms with Gasteiger partial charge in [0.15, 0.2) is 25.1 Å². The number of hydrogen-bond donors (Lipinski definition) is 0. The Hall–Kier alpha value is -3.22. The highest BCUT2D eigenvalue weighted by atomic mass is 16.7. The Morgan fingerprint density at radius 3 is 2.03 bits per heavy atom. The molecule has 0 saturated heterocycles. The molecule has 0 aliphatic carbocycles. The van der Waals surface area contributed by atoms with Gasteiger partial charge in [0, 0.05) is 26.6 Å². The zero-order valence-electron chi connectivity index (χ0n) is 16.8. The third kappa shape index (κ3) is 5.88. The second-order valence-corrected chi connectivity index (χ2v) is 6.33. The van der Waals surface area contributed by atoms with Crippen LogP contribution in [0.15, 0.2) is 54.9 Å². The summed E-state index contributed by atoms with van der Waals surface area (Å²) in [4.78, 5) is 8.84. The molecule has 3 rings (SSSR count). The molecule has 0 spiro atoms. The highest BCUT2D eigenvalue weighted by Crippen LogP contribution is 2.29. The van der Waals surface area contributed by atoms with Crippen LogP contribution >= 0.6 is 0 Å². The van der Waals surface area contributed by atoms with Crippen molar-refractivity contribution in [3.05, 3.63) is 71.5 Å². The molecular formula is C23H24N2O4. The molecule has 2 aromatic heterocycles. The molecule has 0 N–H and O–H groups in total. The molecule has 0 atom stereocenters. The van der Waals surface area contributed by atoms with Crippen LogP contribution < -0.4 is 9.47 Å². The van der Waals surface area contributed by atoms with Crippen molar-refractivity contribution < 1.29 is 18.9 Å². The first kappa shape index (κ1) is 20.5. The molecular weight excluding hydrogens is 368 g/mol. The molecule has 0 fully saturated rings. The average Bonchev–Trinajstić information content (AvgIpc) is 2.75. The highest BCUT2D eigenvalue weighted by molar-refractivity contribution is 5.72. The summed E-state index contributed by atoms with van der Waals surface area (Å²) < 4.78 is 21.1. The van der Waals surface area contributed by atoms with Gasteiger partial charge in [-0.3, -0.25) is 9.97 Å². The van der Waals surface area contributed by atoms with E-state index in [9.17, 15) is 0 Å². The monoisotopic (exact) mass is 392 g/mol. The second-order valence-electron chi connectivity index (χ2n) is 6.33. The molecule has 29 heavy (non-hydrogen) atoms. The predicted octanol–water partition coefficient (Wildman–Crippen LogP) is 4.59. The summed E-state index contributed by atoms with van der Waals surface area (Å²) in [7, 11) is 3.14. The lowest BCUT2D eigenvalue weighted by atomic mass is 10.1. The quantitative estimate of drug-likeness (QED) is 0.497. The van der Waals surface area contributed by atoms with Gasteiger partial charge in [-0.1, -0.05) is 18.2 Å². The molecule has 0 amide bonds. The summed E-state index contributed by atoms with van der Waals surface area (Å²) in [6, 6.07) is 13.6. The van der Waals surface area contributed by atoms with E-state index in [0.29, 0.717) is 11.5 Å². The van der Waals surface area contributed by atoms with Gasteiger partial charge in [0.25, 0.3) is 0 Å². The summed E-state index contributed by atoms with van der Waals surface area (Å²) in [6.45, 7) is 2.32. The fraction of sp³-hybridized carbons (Fsp3) is 0.217. The minimum atomic E-state index is 0.133. The van der Waals surface area contributed by atoms with Crippen molar-refractivity contribution in [3.63, 3.8) is 0 Å². The zero-order chi connectivity index (χ0) is 20.5. The van der Waals surface area contributed by atoms with Crippen LogP contribution in [-0.2, 0) is 9.47 Å². The number of rotatable bonds is 9. The SMILES string of the molecule is COCOc1ccc(C=Cc2ccnc(-c3cc(C)ccn3)c2)cc1OCOC. The second kappa shape index (κ2) is 10.4. The first-order chi connectivity index (χ1) is 14.2. The minimum Gasteiger partial charge on any atom is -0.464 e. The van der Waals surface area contributed by atoms with Gasteiger partial charge >= 0.3 is 0 Å². The van der Waals surface area contributed by atoms with E-state index in [2.05, 4.69) is 9.97 Å². The van der Waals surface area contributed by atoms with Crippen LogP contribution in [0.4, 0.5) is 0 Å². The Morgan fingerprint density at radius 1 is 0.724 bits per heavy atom. The fourth-order valence-corrected chi connectivity index (χ4v) is 2.66. The molecule has 0 aliphatic heterocycles. The molecule has 3 aromatic rings. The van der Waals surface area contributed by atoms with Gasteiger partial charge in [-0.25, -0.2) is 0 Å². The van der Waals surface area contributed by atoms with E-state index in [4.69, 9.17) is 18.9 Å². The minimum absolute atomic E-state index is 0.133. The average molecular weight is 392 g/mol. The Labute approximate surface area is 170 Å². The van der Waals surface area contributed by atoms with E-state index >= 15 is 0 Å². The molecule has 0 radical (unpaired) electrons. The van der Waals surface area contributed by atoms with Crippen LogP contribution in [0.5, 0.6) is 11.5 Å². The van der Waals surface area contributed by atoms with Crippen molar-refractivity contribution in [1.29, 1.82) is 0 Å². The van der Waals surface area contributed by atoms with E-state index < -0.39 is 0 Å². The zero-order valence-corrected chi connectivity index (χ0v) is 16.8. The number of nitrogens with zero attached hydrogens (tertiary/aromatic N) is 2. The molecule has 2 heterocycles. The van der Waals surface area contributed by atoms with Crippen molar-refractivity contribution in [2.75, 3.05) is 27.8 Å². The fourth-order valence-electron chi connectivity index (χ4n) is 2.66. The maximum absolute atomic E-state index is 5.61. The first-order valence-corrected chi connectivity index (χ1v) is 9.14. The Balaban J connectivity index is 1.81. The van der Waals surface area contributed by atoms with Crippen molar-refractivity contribution >= 4 is 12.2 Å². The molecule has 0 unspecified atom stereocenters. The summed E-state index contributed by atoms with van der Waals surface area (Å²) in [5.74, 6) is 1.18. The molecule has 150 valence electrons. The van der Waals surface area contributed by atoms with E-state index in [1.807, 2.05) is 61.5 Å². The molecule has 1 aromatic carbocycles. The van der Waals surface area contributed by atoms with E-state index in [1.54, 1.807) is 26.6 Å². The number of ether oxygens (including phenoxy) is 4. The molecule has 0 bridgehead atoms. The third-order valence-corrected chi connectivity index (χ3v) is 4.06. The van der Waals surface area contributed by atoms with Crippen LogP contribution in [0.1, 0.15) is 16.7 Å². The number of aryl methyl sites for hydroxylation is 1. The predicted molar refractivity (Wildman–Crippen MR) is 113 cm³/mol. The lowest BCUT2D eigenvalue weighted by Gasteiger charge is -2.12. The van der Waals surface area contributed by atoms with Gasteiger partial charge in [-0.2, -0.15) is 0 Å². The summed E-state index contributed by atoms with van der Waals surface area (Å²) >= 11 is 0. The highest BCUT2D eigenvalue weighted by Gasteiger charge is 2.06. The summed E-state index contributed by atoms with van der Waals surface area (Å²) in [6.07, 6.45) is 7.60. The smallest absolute Gasteiger partial charge is 0.188 e.